The van der Waals surface area contributed by atoms with Gasteiger partial charge in [-0.15, -0.1) is 0 Å². The molecule has 0 saturated carbocycles. The molecule has 1 aromatic rings. The predicted octanol–water partition coefficient (Wildman–Crippen LogP) is 1.34. The summed E-state index contributed by atoms with van der Waals surface area (Å²) >= 11 is 3.32. The summed E-state index contributed by atoms with van der Waals surface area (Å²) in [6.45, 7) is 1.73. The SMILES string of the molecule is COCC(CO)NC(=O)C(C)Oc1ccc(Br)cc1. The van der Waals surface area contributed by atoms with Gasteiger partial charge in [-0.3, -0.25) is 4.79 Å². The highest BCUT2D eigenvalue weighted by atomic mass is 79.9. The summed E-state index contributed by atoms with van der Waals surface area (Å²) in [4.78, 5) is 11.8. The molecule has 106 valence electrons. The van der Waals surface area contributed by atoms with Gasteiger partial charge in [0.25, 0.3) is 5.91 Å². The number of aliphatic hydroxyl groups excluding tert-OH is 1. The molecule has 1 aromatic carbocycles. The third-order valence-corrected chi connectivity index (χ3v) is 2.96. The maximum atomic E-state index is 11.8. The van der Waals surface area contributed by atoms with Crippen LogP contribution in [0.3, 0.4) is 0 Å². The van der Waals surface area contributed by atoms with E-state index >= 15 is 0 Å². The fourth-order valence-corrected chi connectivity index (χ4v) is 1.69. The summed E-state index contributed by atoms with van der Waals surface area (Å²) in [7, 11) is 1.51. The van der Waals surface area contributed by atoms with Crippen LogP contribution in [0.2, 0.25) is 0 Å². The number of aliphatic hydroxyl groups is 1. The zero-order valence-electron chi connectivity index (χ0n) is 10.9. The fourth-order valence-electron chi connectivity index (χ4n) is 1.43. The number of ether oxygens (including phenoxy) is 2. The van der Waals surface area contributed by atoms with Gasteiger partial charge in [-0.1, -0.05) is 15.9 Å². The zero-order chi connectivity index (χ0) is 14.3. The van der Waals surface area contributed by atoms with Crippen LogP contribution in [0.4, 0.5) is 0 Å². The minimum absolute atomic E-state index is 0.176. The molecule has 1 rings (SSSR count). The lowest BCUT2D eigenvalue weighted by Gasteiger charge is -2.19. The number of amides is 1. The summed E-state index contributed by atoms with van der Waals surface area (Å²) in [6.07, 6.45) is -0.646. The molecule has 2 atom stereocenters. The zero-order valence-corrected chi connectivity index (χ0v) is 12.5. The van der Waals surface area contributed by atoms with E-state index < -0.39 is 12.1 Å². The smallest absolute Gasteiger partial charge is 0.261 e. The number of benzene rings is 1. The molecule has 0 aliphatic rings. The molecule has 0 spiro atoms. The van der Waals surface area contributed by atoms with E-state index in [1.54, 1.807) is 19.1 Å². The van der Waals surface area contributed by atoms with Crippen molar-refractivity contribution in [2.75, 3.05) is 20.3 Å². The van der Waals surface area contributed by atoms with Crippen molar-refractivity contribution >= 4 is 21.8 Å². The first-order valence-electron chi connectivity index (χ1n) is 5.89. The van der Waals surface area contributed by atoms with E-state index in [4.69, 9.17) is 14.6 Å². The van der Waals surface area contributed by atoms with Crippen molar-refractivity contribution in [2.24, 2.45) is 0 Å². The van der Waals surface area contributed by atoms with Crippen LogP contribution in [0, 0.1) is 0 Å². The second-order valence-corrected chi connectivity index (χ2v) is 4.97. The van der Waals surface area contributed by atoms with Crippen LogP contribution < -0.4 is 10.1 Å². The van der Waals surface area contributed by atoms with Gasteiger partial charge in [0.15, 0.2) is 6.10 Å². The monoisotopic (exact) mass is 331 g/mol. The van der Waals surface area contributed by atoms with Gasteiger partial charge in [-0.2, -0.15) is 0 Å². The van der Waals surface area contributed by atoms with Crippen molar-refractivity contribution in [1.29, 1.82) is 0 Å². The van der Waals surface area contributed by atoms with Crippen molar-refractivity contribution in [3.05, 3.63) is 28.7 Å². The molecular weight excluding hydrogens is 314 g/mol. The molecule has 0 saturated heterocycles. The normalized spacial score (nSPS) is 13.7. The van der Waals surface area contributed by atoms with Crippen molar-refractivity contribution in [1.82, 2.24) is 5.32 Å². The summed E-state index contributed by atoms with van der Waals surface area (Å²) in [5, 5.41) is 11.7. The standard InChI is InChI=1S/C13H18BrNO4/c1-9(13(17)15-11(7-16)8-18-2)19-12-5-3-10(14)4-6-12/h3-6,9,11,16H,7-8H2,1-2H3,(H,15,17). The Hall–Kier alpha value is -1.11. The maximum Gasteiger partial charge on any atom is 0.261 e. The van der Waals surface area contributed by atoms with Gasteiger partial charge in [0, 0.05) is 11.6 Å². The van der Waals surface area contributed by atoms with Crippen LogP contribution >= 0.6 is 15.9 Å². The Bertz CT molecular complexity index is 396. The number of methoxy groups -OCH3 is 1. The highest BCUT2D eigenvalue weighted by Gasteiger charge is 2.18. The van der Waals surface area contributed by atoms with E-state index in [1.807, 2.05) is 12.1 Å². The molecule has 0 aliphatic carbocycles. The molecule has 0 aromatic heterocycles. The van der Waals surface area contributed by atoms with Crippen LogP contribution in [0.25, 0.3) is 0 Å². The van der Waals surface area contributed by atoms with E-state index in [0.717, 1.165) is 4.47 Å². The summed E-state index contributed by atoms with van der Waals surface area (Å²) in [6, 6.07) is 6.79. The number of hydrogen-bond acceptors (Lipinski definition) is 4. The van der Waals surface area contributed by atoms with E-state index in [1.165, 1.54) is 7.11 Å². The average Bonchev–Trinajstić information content (AvgIpc) is 2.40. The number of hydrogen-bond donors (Lipinski definition) is 2. The van der Waals surface area contributed by atoms with E-state index in [-0.39, 0.29) is 19.1 Å². The lowest BCUT2D eigenvalue weighted by Crippen LogP contribution is -2.46. The number of halogens is 1. The van der Waals surface area contributed by atoms with Gasteiger partial charge in [0.2, 0.25) is 0 Å². The molecule has 0 fully saturated rings. The molecule has 0 aliphatic heterocycles. The minimum atomic E-state index is -0.646. The topological polar surface area (TPSA) is 67.8 Å². The molecule has 0 radical (unpaired) electrons. The maximum absolute atomic E-state index is 11.8. The Balaban J connectivity index is 2.50. The van der Waals surface area contributed by atoms with Gasteiger partial charge < -0.3 is 19.9 Å². The highest BCUT2D eigenvalue weighted by molar-refractivity contribution is 9.10. The third kappa shape index (κ3) is 5.59. The van der Waals surface area contributed by atoms with Crippen LogP contribution in [0.1, 0.15) is 6.92 Å². The summed E-state index contributed by atoms with van der Waals surface area (Å²) < 4.78 is 11.3. The largest absolute Gasteiger partial charge is 0.481 e. The number of carbonyl (C=O) groups excluding carboxylic acids is 1. The quantitative estimate of drug-likeness (QED) is 0.791. The first-order valence-corrected chi connectivity index (χ1v) is 6.68. The fraction of sp³-hybridized carbons (Fsp3) is 0.462. The first kappa shape index (κ1) is 15.9. The highest BCUT2D eigenvalue weighted by Crippen LogP contribution is 2.17. The van der Waals surface area contributed by atoms with E-state index in [2.05, 4.69) is 21.2 Å². The van der Waals surface area contributed by atoms with Gasteiger partial charge in [0.05, 0.1) is 19.3 Å². The van der Waals surface area contributed by atoms with Gasteiger partial charge in [-0.25, -0.2) is 0 Å². The average molecular weight is 332 g/mol. The van der Waals surface area contributed by atoms with Gasteiger partial charge in [-0.05, 0) is 31.2 Å². The number of rotatable bonds is 7. The Kier molecular flexibility index (Phi) is 6.83. The minimum Gasteiger partial charge on any atom is -0.481 e. The molecule has 0 heterocycles. The van der Waals surface area contributed by atoms with Crippen molar-refractivity contribution in [2.45, 2.75) is 19.1 Å². The summed E-state index contributed by atoms with van der Waals surface area (Å²) in [5.41, 5.74) is 0. The lowest BCUT2D eigenvalue weighted by molar-refractivity contribution is -0.128. The summed E-state index contributed by atoms with van der Waals surface area (Å²) in [5.74, 6) is 0.317. The Morgan fingerprint density at radius 2 is 2.05 bits per heavy atom. The molecule has 2 unspecified atom stereocenters. The lowest BCUT2D eigenvalue weighted by atomic mass is 10.3. The third-order valence-electron chi connectivity index (χ3n) is 2.43. The molecule has 0 bridgehead atoms. The van der Waals surface area contributed by atoms with Crippen LogP contribution in [-0.4, -0.2) is 43.5 Å². The van der Waals surface area contributed by atoms with Gasteiger partial charge >= 0.3 is 0 Å². The van der Waals surface area contributed by atoms with E-state index in [0.29, 0.717) is 5.75 Å². The Labute approximate surface area is 121 Å². The predicted molar refractivity (Wildman–Crippen MR) is 75.1 cm³/mol. The first-order chi connectivity index (χ1) is 9.06. The second kappa shape index (κ2) is 8.14. The Morgan fingerprint density at radius 1 is 1.42 bits per heavy atom. The Morgan fingerprint density at radius 3 is 2.58 bits per heavy atom. The molecule has 19 heavy (non-hydrogen) atoms. The van der Waals surface area contributed by atoms with Crippen LogP contribution in [-0.2, 0) is 9.53 Å². The number of nitrogens with one attached hydrogen (secondary N) is 1. The molecule has 1 amide bonds. The van der Waals surface area contributed by atoms with Gasteiger partial charge in [0.1, 0.15) is 5.75 Å². The number of carbonyl (C=O) groups is 1. The van der Waals surface area contributed by atoms with E-state index in [9.17, 15) is 4.79 Å². The van der Waals surface area contributed by atoms with Crippen molar-refractivity contribution < 1.29 is 19.4 Å². The molecular formula is C13H18BrNO4. The van der Waals surface area contributed by atoms with Crippen LogP contribution in [0.5, 0.6) is 5.75 Å². The molecule has 5 nitrogen and oxygen atoms in total. The molecule has 2 N–H and O–H groups in total. The van der Waals surface area contributed by atoms with Crippen LogP contribution in [0.15, 0.2) is 28.7 Å². The van der Waals surface area contributed by atoms with Crippen molar-refractivity contribution in [3.63, 3.8) is 0 Å². The molecule has 6 heteroatoms. The van der Waals surface area contributed by atoms with Crippen molar-refractivity contribution in [3.8, 4) is 5.75 Å². The second-order valence-electron chi connectivity index (χ2n) is 4.06.